The molecule has 0 aliphatic carbocycles. The average molecular weight is 378 g/mol. The third-order valence-corrected chi connectivity index (χ3v) is 4.17. The second kappa shape index (κ2) is 7.76. The van der Waals surface area contributed by atoms with E-state index in [1.807, 2.05) is 12.1 Å². The van der Waals surface area contributed by atoms with Gasteiger partial charge in [0, 0.05) is 5.69 Å². The summed E-state index contributed by atoms with van der Waals surface area (Å²) >= 11 is 0.980. The van der Waals surface area contributed by atoms with Crippen molar-refractivity contribution in [1.82, 2.24) is 0 Å². The molecule has 0 aliphatic heterocycles. The van der Waals surface area contributed by atoms with Crippen LogP contribution < -0.4 is 16.0 Å². The Labute approximate surface area is 150 Å². The van der Waals surface area contributed by atoms with Gasteiger partial charge >= 0.3 is 6.18 Å². The monoisotopic (exact) mass is 378 g/mol. The summed E-state index contributed by atoms with van der Waals surface area (Å²) in [4.78, 5) is 14.6. The van der Waals surface area contributed by atoms with Crippen molar-refractivity contribution in [3.8, 4) is 12.1 Å². The first-order valence-corrected chi connectivity index (χ1v) is 7.99. The number of thioether (sulfide) groups is 1. The molecule has 2 aromatic rings. The highest BCUT2D eigenvalue weighted by Crippen LogP contribution is 2.30. The first-order chi connectivity index (χ1) is 12.2. The van der Waals surface area contributed by atoms with Crippen LogP contribution in [0, 0.1) is 22.7 Å². The minimum Gasteiger partial charge on any atom is -0.325 e. The highest BCUT2D eigenvalue weighted by atomic mass is 32.2. The zero-order valence-corrected chi connectivity index (χ0v) is 13.8. The number of halogens is 3. The molecular formula is C16H11F3N5OS+. The second-order valence-electron chi connectivity index (χ2n) is 4.98. The number of pyridine rings is 1. The number of nitrogens with two attached hydrogens (primary N) is 1. The molecule has 4 N–H and O–H groups in total. The number of nitrogen functional groups attached to an aromatic ring is 1. The Morgan fingerprint density at radius 1 is 1.19 bits per heavy atom. The summed E-state index contributed by atoms with van der Waals surface area (Å²) < 4.78 is 37.5. The first kappa shape index (κ1) is 19.1. The van der Waals surface area contributed by atoms with Crippen molar-refractivity contribution in [2.45, 2.75) is 11.2 Å². The fourth-order valence-corrected chi connectivity index (χ4v) is 2.70. The second-order valence-corrected chi connectivity index (χ2v) is 5.96. The summed E-state index contributed by atoms with van der Waals surface area (Å²) in [7, 11) is 0. The normalized spacial score (nSPS) is 10.7. The van der Waals surface area contributed by atoms with E-state index in [1.54, 1.807) is 0 Å². The maximum Gasteiger partial charge on any atom is 0.416 e. The molecule has 0 atom stereocenters. The van der Waals surface area contributed by atoms with Gasteiger partial charge < -0.3 is 5.32 Å². The maximum atomic E-state index is 12.5. The molecule has 0 radical (unpaired) electrons. The lowest BCUT2D eigenvalue weighted by atomic mass is 10.2. The fraction of sp³-hybridized carbons (Fsp3) is 0.125. The number of benzene rings is 1. The van der Waals surface area contributed by atoms with Gasteiger partial charge in [-0.1, -0.05) is 11.8 Å². The summed E-state index contributed by atoms with van der Waals surface area (Å²) in [6, 6.07) is 9.07. The molecule has 1 amide bonds. The molecular weight excluding hydrogens is 367 g/mol. The molecule has 0 saturated carbocycles. The number of alkyl halides is 3. The lowest BCUT2D eigenvalue weighted by Gasteiger charge is -2.08. The highest BCUT2D eigenvalue weighted by Gasteiger charge is 2.30. The maximum absolute atomic E-state index is 12.5. The standard InChI is InChI=1S/C16H10F3N5OS/c17-16(18,19)11-1-3-12(4-2-11)23-13(25)8-26-15-10(7-21)5-9(6-20)14(22)24-15/h1-5H,8H2,(H2,22,24)(H,23,25)/p+1. The van der Waals surface area contributed by atoms with Gasteiger partial charge in [0.05, 0.1) is 11.3 Å². The first-order valence-electron chi connectivity index (χ1n) is 7.00. The number of anilines is 2. The summed E-state index contributed by atoms with van der Waals surface area (Å²) in [6.45, 7) is 0. The quantitative estimate of drug-likeness (QED) is 0.793. The minimum atomic E-state index is -4.45. The summed E-state index contributed by atoms with van der Waals surface area (Å²) in [5, 5.41) is 20.7. The number of nitrogens with one attached hydrogen (secondary N) is 2. The summed E-state index contributed by atoms with van der Waals surface area (Å²) in [5.41, 5.74) is 5.31. The number of H-pyrrole nitrogens is 1. The van der Waals surface area contributed by atoms with Gasteiger partial charge in [-0.15, -0.1) is 0 Å². The third kappa shape index (κ3) is 4.65. The van der Waals surface area contributed by atoms with Crippen molar-refractivity contribution < 1.29 is 22.9 Å². The number of nitriles is 2. The smallest absolute Gasteiger partial charge is 0.325 e. The van der Waals surface area contributed by atoms with Gasteiger partial charge in [-0.2, -0.15) is 23.7 Å². The predicted molar refractivity (Wildman–Crippen MR) is 87.6 cm³/mol. The van der Waals surface area contributed by atoms with Crippen molar-refractivity contribution in [2.75, 3.05) is 16.8 Å². The number of aromatic nitrogens is 1. The SMILES string of the molecule is N#Cc1cc(C#N)c(SCC(=O)Nc2ccc(C(F)(F)F)cc2)[nH+]c1N. The van der Waals surface area contributed by atoms with Crippen molar-refractivity contribution in [1.29, 1.82) is 10.5 Å². The number of aromatic amines is 1. The van der Waals surface area contributed by atoms with E-state index in [0.29, 0.717) is 5.03 Å². The third-order valence-electron chi connectivity index (χ3n) is 3.16. The molecule has 1 heterocycles. The average Bonchev–Trinajstić information content (AvgIpc) is 2.59. The van der Waals surface area contributed by atoms with E-state index in [0.717, 1.165) is 36.0 Å². The number of amides is 1. The van der Waals surface area contributed by atoms with Crippen LogP contribution in [0.2, 0.25) is 0 Å². The van der Waals surface area contributed by atoms with Crippen LogP contribution in [0.4, 0.5) is 24.7 Å². The Hall–Kier alpha value is -3.24. The van der Waals surface area contributed by atoms with E-state index in [-0.39, 0.29) is 28.4 Å². The Bertz CT molecular complexity index is 914. The Morgan fingerprint density at radius 3 is 2.35 bits per heavy atom. The van der Waals surface area contributed by atoms with E-state index in [1.165, 1.54) is 6.07 Å². The molecule has 0 unspecified atom stereocenters. The van der Waals surface area contributed by atoms with Gasteiger partial charge in [0.15, 0.2) is 5.03 Å². The molecule has 0 saturated heterocycles. The molecule has 2 rings (SSSR count). The predicted octanol–water partition coefficient (Wildman–Crippen LogP) is 2.58. The van der Waals surface area contributed by atoms with Crippen LogP contribution in [0.5, 0.6) is 0 Å². The van der Waals surface area contributed by atoms with E-state index in [2.05, 4.69) is 10.3 Å². The molecule has 132 valence electrons. The number of rotatable bonds is 4. The highest BCUT2D eigenvalue weighted by molar-refractivity contribution is 7.99. The van der Waals surface area contributed by atoms with Gasteiger partial charge in [-0.05, 0) is 30.3 Å². The van der Waals surface area contributed by atoms with Crippen LogP contribution in [-0.4, -0.2) is 11.7 Å². The van der Waals surface area contributed by atoms with Crippen LogP contribution >= 0.6 is 11.8 Å². The van der Waals surface area contributed by atoms with Gasteiger partial charge in [0.1, 0.15) is 23.3 Å². The molecule has 10 heteroatoms. The van der Waals surface area contributed by atoms with E-state index in [4.69, 9.17) is 16.3 Å². The zero-order valence-electron chi connectivity index (χ0n) is 13.0. The van der Waals surface area contributed by atoms with Crippen LogP contribution in [-0.2, 0) is 11.0 Å². The largest absolute Gasteiger partial charge is 0.416 e. The van der Waals surface area contributed by atoms with Gasteiger partial charge in [-0.25, -0.2) is 4.98 Å². The lowest BCUT2D eigenvalue weighted by molar-refractivity contribution is -0.410. The van der Waals surface area contributed by atoms with Crippen molar-refractivity contribution in [3.63, 3.8) is 0 Å². The zero-order chi connectivity index (χ0) is 19.3. The molecule has 0 spiro atoms. The van der Waals surface area contributed by atoms with Crippen molar-refractivity contribution >= 4 is 29.2 Å². The molecule has 1 aromatic heterocycles. The number of hydrogen-bond acceptors (Lipinski definition) is 5. The molecule has 0 fully saturated rings. The molecule has 0 bridgehead atoms. The van der Waals surface area contributed by atoms with Crippen LogP contribution in [0.1, 0.15) is 16.7 Å². The van der Waals surface area contributed by atoms with E-state index in [9.17, 15) is 18.0 Å². The van der Waals surface area contributed by atoms with Crippen molar-refractivity contribution in [2.24, 2.45) is 0 Å². The summed E-state index contributed by atoms with van der Waals surface area (Å²) in [5.74, 6) is -0.524. The van der Waals surface area contributed by atoms with Gasteiger partial charge in [-0.3, -0.25) is 10.5 Å². The molecule has 1 aromatic carbocycles. The topological polar surface area (TPSA) is 117 Å². The number of carbonyl (C=O) groups is 1. The van der Waals surface area contributed by atoms with Crippen LogP contribution in [0.3, 0.4) is 0 Å². The van der Waals surface area contributed by atoms with Gasteiger partial charge in [0.2, 0.25) is 5.91 Å². The Morgan fingerprint density at radius 2 is 1.81 bits per heavy atom. The van der Waals surface area contributed by atoms with Crippen LogP contribution in [0.15, 0.2) is 35.4 Å². The van der Waals surface area contributed by atoms with Crippen molar-refractivity contribution in [3.05, 3.63) is 47.0 Å². The number of nitrogens with zero attached hydrogens (tertiary/aromatic N) is 2. The Balaban J connectivity index is 2.03. The number of hydrogen-bond donors (Lipinski definition) is 2. The van der Waals surface area contributed by atoms with Gasteiger partial charge in [0.25, 0.3) is 5.82 Å². The van der Waals surface area contributed by atoms with E-state index < -0.39 is 17.6 Å². The summed E-state index contributed by atoms with van der Waals surface area (Å²) in [6.07, 6.45) is -4.45. The van der Waals surface area contributed by atoms with E-state index >= 15 is 0 Å². The lowest BCUT2D eigenvalue weighted by Crippen LogP contribution is -2.19. The molecule has 0 aliphatic rings. The molecule has 26 heavy (non-hydrogen) atoms. The molecule has 6 nitrogen and oxygen atoms in total. The minimum absolute atomic E-state index is 0.0668. The fourth-order valence-electron chi connectivity index (χ4n) is 1.91. The Kier molecular flexibility index (Phi) is 5.70. The van der Waals surface area contributed by atoms with Crippen LogP contribution in [0.25, 0.3) is 0 Å². The number of carbonyl (C=O) groups excluding carboxylic acids is 1.